The number of ether oxygens (including phenoxy) is 1. The number of likely N-dealkylation sites (N-methyl/N-ethyl adjacent to an activating group) is 1. The second-order valence-corrected chi connectivity index (χ2v) is 13.0. The molecule has 0 spiro atoms. The summed E-state index contributed by atoms with van der Waals surface area (Å²) in [7, 11) is 5.25. The third-order valence-corrected chi connectivity index (χ3v) is 9.28. The van der Waals surface area contributed by atoms with E-state index < -0.39 is 29.9 Å². The molecule has 260 valence electrons. The number of amides is 2. The van der Waals surface area contributed by atoms with Crippen LogP contribution in [0.1, 0.15) is 57.7 Å². The fraction of sp³-hybridized carbons (Fsp3) is 0.429. The molecule has 49 heavy (non-hydrogen) atoms. The first-order chi connectivity index (χ1) is 23.3. The van der Waals surface area contributed by atoms with Crippen LogP contribution in [-0.4, -0.2) is 100 Å². The van der Waals surface area contributed by atoms with Crippen LogP contribution in [0.15, 0.2) is 42.7 Å². The predicted molar refractivity (Wildman–Crippen MR) is 175 cm³/mol. The Labute approximate surface area is 281 Å². The van der Waals surface area contributed by atoms with Gasteiger partial charge in [-0.3, -0.25) is 19.5 Å². The van der Waals surface area contributed by atoms with Gasteiger partial charge in [-0.15, -0.1) is 0 Å². The number of pyridine rings is 2. The van der Waals surface area contributed by atoms with Crippen molar-refractivity contribution >= 4 is 22.8 Å². The number of H-pyrrole nitrogens is 1. The summed E-state index contributed by atoms with van der Waals surface area (Å²) in [5.74, 6) is -0.796. The fourth-order valence-electron chi connectivity index (χ4n) is 6.47. The van der Waals surface area contributed by atoms with Gasteiger partial charge in [0.25, 0.3) is 5.91 Å². The van der Waals surface area contributed by atoms with E-state index in [4.69, 9.17) is 4.74 Å². The summed E-state index contributed by atoms with van der Waals surface area (Å²) in [6, 6.07) is 6.86. The number of alkyl halides is 3. The minimum Gasteiger partial charge on any atom is -0.455 e. The Morgan fingerprint density at radius 2 is 1.82 bits per heavy atom. The molecule has 1 fully saturated rings. The molecule has 6 rings (SSSR count). The van der Waals surface area contributed by atoms with Crippen molar-refractivity contribution in [1.82, 2.24) is 34.6 Å². The summed E-state index contributed by atoms with van der Waals surface area (Å²) in [4.78, 5) is 45.0. The van der Waals surface area contributed by atoms with Gasteiger partial charge in [0, 0.05) is 72.0 Å². The van der Waals surface area contributed by atoms with Crippen molar-refractivity contribution in [2.45, 2.75) is 44.9 Å². The maximum absolute atomic E-state index is 15.4. The van der Waals surface area contributed by atoms with Crippen LogP contribution in [0, 0.1) is 5.82 Å². The van der Waals surface area contributed by atoms with Crippen molar-refractivity contribution in [3.63, 3.8) is 0 Å². The molecule has 3 aromatic heterocycles. The molecular weight excluding hydrogens is 642 g/mol. The number of nitrogens with one attached hydrogen (secondary N) is 1. The van der Waals surface area contributed by atoms with E-state index in [-0.39, 0.29) is 36.0 Å². The van der Waals surface area contributed by atoms with Crippen molar-refractivity contribution in [3.05, 3.63) is 82.2 Å². The Kier molecular flexibility index (Phi) is 9.63. The number of aromatic nitrogens is 3. The summed E-state index contributed by atoms with van der Waals surface area (Å²) >= 11 is 0. The van der Waals surface area contributed by atoms with Gasteiger partial charge in [-0.05, 0) is 60.5 Å². The molecule has 1 N–H and O–H groups in total. The van der Waals surface area contributed by atoms with E-state index in [9.17, 15) is 22.8 Å². The van der Waals surface area contributed by atoms with Crippen molar-refractivity contribution < 1.29 is 31.9 Å². The lowest BCUT2D eigenvalue weighted by molar-refractivity contribution is -0.139. The number of carbonyl (C=O) groups is 2. The van der Waals surface area contributed by atoms with Crippen LogP contribution in [0.2, 0.25) is 0 Å². The lowest BCUT2D eigenvalue weighted by Crippen LogP contribution is -2.44. The molecule has 4 aromatic rings. The highest BCUT2D eigenvalue weighted by atomic mass is 19.4. The first-order valence-electron chi connectivity index (χ1n) is 16.2. The van der Waals surface area contributed by atoms with Gasteiger partial charge >= 0.3 is 6.18 Å². The number of hydrogen-bond donors (Lipinski definition) is 1. The minimum atomic E-state index is -4.70. The first-order valence-corrected chi connectivity index (χ1v) is 16.2. The van der Waals surface area contributed by atoms with Crippen LogP contribution in [0.4, 0.5) is 17.6 Å². The lowest BCUT2D eigenvalue weighted by Gasteiger charge is -2.34. The van der Waals surface area contributed by atoms with Gasteiger partial charge in [0.1, 0.15) is 28.7 Å². The summed E-state index contributed by atoms with van der Waals surface area (Å²) in [6.45, 7) is 5.01. The van der Waals surface area contributed by atoms with Crippen LogP contribution in [0.5, 0.6) is 11.5 Å². The van der Waals surface area contributed by atoms with E-state index in [2.05, 4.69) is 19.9 Å². The normalized spacial score (nSPS) is 17.3. The molecule has 1 atom stereocenters. The number of hydrogen-bond acceptors (Lipinski definition) is 7. The molecule has 0 bridgehead atoms. The third-order valence-electron chi connectivity index (χ3n) is 9.28. The minimum absolute atomic E-state index is 0.0171. The number of aromatic amines is 1. The fourth-order valence-corrected chi connectivity index (χ4v) is 6.47. The summed E-state index contributed by atoms with van der Waals surface area (Å²) in [5.41, 5.74) is 1.04. The maximum atomic E-state index is 15.4. The molecule has 2 aliphatic heterocycles. The number of benzene rings is 1. The number of piperazine rings is 1. The first kappa shape index (κ1) is 34.3. The smallest absolute Gasteiger partial charge is 0.416 e. The van der Waals surface area contributed by atoms with Crippen LogP contribution in [0.3, 0.4) is 0 Å². The van der Waals surface area contributed by atoms with Crippen LogP contribution in [0.25, 0.3) is 11.0 Å². The van der Waals surface area contributed by atoms with Crippen LogP contribution < -0.4 is 4.74 Å². The molecule has 1 aromatic carbocycles. The zero-order valence-corrected chi connectivity index (χ0v) is 27.9. The van der Waals surface area contributed by atoms with Crippen molar-refractivity contribution in [1.29, 1.82) is 0 Å². The molecular formula is C35H39F4N7O3. The molecule has 0 radical (unpaired) electrons. The topological polar surface area (TPSA) is 97.9 Å². The highest BCUT2D eigenvalue weighted by Gasteiger charge is 2.36. The molecule has 10 nitrogen and oxygen atoms in total. The zero-order chi connectivity index (χ0) is 35.0. The molecule has 14 heteroatoms. The van der Waals surface area contributed by atoms with Gasteiger partial charge in [-0.2, -0.15) is 13.2 Å². The van der Waals surface area contributed by atoms with Gasteiger partial charge in [-0.25, -0.2) is 9.37 Å². The predicted octanol–water partition coefficient (Wildman–Crippen LogP) is 5.44. The maximum Gasteiger partial charge on any atom is 0.416 e. The molecule has 0 aliphatic carbocycles. The second kappa shape index (κ2) is 13.7. The molecule has 0 saturated carbocycles. The average molecular weight is 682 g/mol. The summed E-state index contributed by atoms with van der Waals surface area (Å²) in [6.07, 6.45) is -1.39. The molecule has 0 unspecified atom stereocenters. The van der Waals surface area contributed by atoms with Crippen LogP contribution >= 0.6 is 0 Å². The summed E-state index contributed by atoms with van der Waals surface area (Å²) in [5, 5.41) is 0.600. The Balaban J connectivity index is 1.21. The Morgan fingerprint density at radius 1 is 1.06 bits per heavy atom. The van der Waals surface area contributed by atoms with E-state index in [0.717, 1.165) is 36.5 Å². The summed E-state index contributed by atoms with van der Waals surface area (Å²) < 4.78 is 64.2. The average Bonchev–Trinajstić information content (AvgIpc) is 3.50. The van der Waals surface area contributed by atoms with Crippen molar-refractivity contribution in [2.24, 2.45) is 0 Å². The number of halogens is 4. The van der Waals surface area contributed by atoms with E-state index in [1.54, 1.807) is 49.6 Å². The number of fused-ring (bicyclic) bond motifs is 2. The lowest BCUT2D eigenvalue weighted by atomic mass is 9.92. The number of nitrogens with zero attached hydrogens (tertiary/aromatic N) is 6. The van der Waals surface area contributed by atoms with Gasteiger partial charge < -0.3 is 24.4 Å². The number of carbonyl (C=O) groups excluding carboxylic acids is 2. The van der Waals surface area contributed by atoms with Crippen molar-refractivity contribution in [3.8, 4) is 11.5 Å². The van der Waals surface area contributed by atoms with E-state index in [0.29, 0.717) is 54.3 Å². The van der Waals surface area contributed by atoms with E-state index >= 15 is 4.39 Å². The van der Waals surface area contributed by atoms with Gasteiger partial charge in [0.15, 0.2) is 0 Å². The SMILES string of the molecule is CC[C@H]1CN(C(=O)Cc2cc(C(F)(F)F)c(CN3CCN(C)CC3)cc2F)Cc2cc(Oc3ccnc4[nH]c(C(=O)N(C)C)cc34)cnc21. The zero-order valence-electron chi connectivity index (χ0n) is 27.9. The molecule has 2 aliphatic rings. The van der Waals surface area contributed by atoms with Crippen LogP contribution in [-0.2, 0) is 30.5 Å². The molecule has 5 heterocycles. The largest absolute Gasteiger partial charge is 0.455 e. The molecule has 1 saturated heterocycles. The number of rotatable bonds is 8. The highest BCUT2D eigenvalue weighted by Crippen LogP contribution is 2.37. The van der Waals surface area contributed by atoms with Gasteiger partial charge in [-0.1, -0.05) is 6.92 Å². The van der Waals surface area contributed by atoms with E-state index in [1.165, 1.54) is 4.90 Å². The quantitative estimate of drug-likeness (QED) is 0.248. The monoisotopic (exact) mass is 681 g/mol. The molecule has 2 amide bonds. The second-order valence-electron chi connectivity index (χ2n) is 13.0. The Morgan fingerprint density at radius 3 is 2.51 bits per heavy atom. The third kappa shape index (κ3) is 7.39. The van der Waals surface area contributed by atoms with Crippen molar-refractivity contribution in [2.75, 3.05) is 53.9 Å². The van der Waals surface area contributed by atoms with Gasteiger partial charge in [0.2, 0.25) is 5.91 Å². The van der Waals surface area contributed by atoms with E-state index in [1.807, 2.05) is 18.9 Å². The van der Waals surface area contributed by atoms with Gasteiger partial charge in [0.05, 0.1) is 29.3 Å². The Hall–Kier alpha value is -4.56. The standard InChI is InChI=1S/C35H39F4N7O3/c1-5-21-19-46(31(47)15-22-13-27(35(37,38)39)23(14-28(22)36)18-45-10-8-44(4)9-11-45)20-24-12-25(17-41-32(21)24)49-30-6-7-40-33-26(30)16-29(42-33)34(48)43(2)3/h6-7,12-14,16-17,21H,5,8-11,15,18-20H2,1-4H3,(H,40,42)/t21-/m0/s1. The Bertz CT molecular complexity index is 1870. The highest BCUT2D eigenvalue weighted by molar-refractivity contribution is 5.98.